The monoisotopic (exact) mass is 346 g/mol. The fourth-order valence-electron chi connectivity index (χ4n) is 2.82. The fourth-order valence-corrected chi connectivity index (χ4v) is 2.82. The number of ketones is 1. The van der Waals surface area contributed by atoms with Crippen LogP contribution in [0.5, 0.6) is 0 Å². The number of carboxylic acid groups (broad SMARTS) is 1. The molecule has 1 atom stereocenters. The molecule has 0 aromatic heterocycles. The molecule has 3 N–H and O–H groups in total. The van der Waals surface area contributed by atoms with E-state index in [0.717, 1.165) is 0 Å². The molecule has 7 heteroatoms. The molecule has 0 spiro atoms. The third kappa shape index (κ3) is 3.87. The number of carbonyl (C=O) groups is 4. The van der Waals surface area contributed by atoms with Gasteiger partial charge >= 0.3 is 5.97 Å². The van der Waals surface area contributed by atoms with E-state index < -0.39 is 23.3 Å². The summed E-state index contributed by atoms with van der Waals surface area (Å²) in [5, 5.41) is 9.06. The number of hydrogen-bond donors (Lipinski definition) is 2. The predicted molar refractivity (Wildman–Crippen MR) is 90.0 cm³/mol. The number of aromatic carboxylic acids is 1. The highest BCUT2D eigenvalue weighted by molar-refractivity contribution is 6.02. The first-order valence-electron chi connectivity index (χ1n) is 8.02. The van der Waals surface area contributed by atoms with Crippen LogP contribution >= 0.6 is 0 Å². The summed E-state index contributed by atoms with van der Waals surface area (Å²) in [6.07, 6.45) is 0.286. The van der Waals surface area contributed by atoms with Gasteiger partial charge in [-0.1, -0.05) is 20.8 Å². The Morgan fingerprint density at radius 2 is 1.92 bits per heavy atom. The SMILES string of the molecule is CC(C)(C)C(=O)CCC(C(N)=O)N1Cc2cc(C(=O)O)ccc2C1=O. The second-order valence-electron chi connectivity index (χ2n) is 7.24. The van der Waals surface area contributed by atoms with E-state index in [9.17, 15) is 19.2 Å². The molecule has 7 nitrogen and oxygen atoms in total. The number of amides is 2. The van der Waals surface area contributed by atoms with Crippen molar-refractivity contribution in [2.24, 2.45) is 11.1 Å². The van der Waals surface area contributed by atoms with Gasteiger partial charge in [-0.25, -0.2) is 4.79 Å². The van der Waals surface area contributed by atoms with Crippen LogP contribution in [0, 0.1) is 5.41 Å². The maximum absolute atomic E-state index is 12.6. The van der Waals surface area contributed by atoms with Crippen LogP contribution in [0.15, 0.2) is 18.2 Å². The van der Waals surface area contributed by atoms with Crippen molar-refractivity contribution in [1.29, 1.82) is 0 Å². The second kappa shape index (κ2) is 6.66. The molecule has 1 aromatic carbocycles. The third-order valence-corrected chi connectivity index (χ3v) is 4.37. The third-order valence-electron chi connectivity index (χ3n) is 4.37. The summed E-state index contributed by atoms with van der Waals surface area (Å²) >= 11 is 0. The number of rotatable bonds is 6. The summed E-state index contributed by atoms with van der Waals surface area (Å²) in [6.45, 7) is 5.48. The zero-order valence-corrected chi connectivity index (χ0v) is 14.5. The van der Waals surface area contributed by atoms with Crippen LogP contribution in [0.3, 0.4) is 0 Å². The molecule has 0 saturated heterocycles. The van der Waals surface area contributed by atoms with Crippen LogP contribution in [0.25, 0.3) is 0 Å². The van der Waals surface area contributed by atoms with Gasteiger partial charge in [-0.15, -0.1) is 0 Å². The molecule has 2 rings (SSSR count). The van der Waals surface area contributed by atoms with E-state index in [2.05, 4.69) is 0 Å². The summed E-state index contributed by atoms with van der Waals surface area (Å²) in [5.74, 6) is -2.16. The lowest BCUT2D eigenvalue weighted by atomic mass is 9.87. The van der Waals surface area contributed by atoms with E-state index in [1.165, 1.54) is 23.1 Å². The molecule has 25 heavy (non-hydrogen) atoms. The molecule has 1 unspecified atom stereocenters. The van der Waals surface area contributed by atoms with Gasteiger partial charge in [-0.05, 0) is 30.2 Å². The molecule has 0 fully saturated rings. The zero-order chi connectivity index (χ0) is 18.9. The molecule has 1 aliphatic rings. The molecular weight excluding hydrogens is 324 g/mol. The number of primary amides is 1. The van der Waals surface area contributed by atoms with E-state index in [1.807, 2.05) is 0 Å². The van der Waals surface area contributed by atoms with Gasteiger partial charge in [0.2, 0.25) is 5.91 Å². The van der Waals surface area contributed by atoms with Crippen LogP contribution in [-0.4, -0.2) is 39.6 Å². The number of hydrogen-bond acceptors (Lipinski definition) is 4. The highest BCUT2D eigenvalue weighted by Gasteiger charge is 2.36. The predicted octanol–water partition coefficient (Wildman–Crippen LogP) is 1.59. The maximum atomic E-state index is 12.6. The molecular formula is C18H22N2O5. The van der Waals surface area contributed by atoms with Crippen molar-refractivity contribution in [2.45, 2.75) is 46.2 Å². The van der Waals surface area contributed by atoms with Crippen LogP contribution < -0.4 is 5.73 Å². The van der Waals surface area contributed by atoms with E-state index in [4.69, 9.17) is 10.8 Å². The van der Waals surface area contributed by atoms with Crippen molar-refractivity contribution in [2.75, 3.05) is 0 Å². The molecule has 1 aliphatic heterocycles. The molecule has 0 bridgehead atoms. The van der Waals surface area contributed by atoms with Crippen molar-refractivity contribution in [3.05, 3.63) is 34.9 Å². The minimum atomic E-state index is -1.09. The van der Waals surface area contributed by atoms with Gasteiger partial charge < -0.3 is 15.7 Å². The first-order chi connectivity index (χ1) is 11.5. The Morgan fingerprint density at radius 3 is 2.44 bits per heavy atom. The lowest BCUT2D eigenvalue weighted by Crippen LogP contribution is -2.45. The van der Waals surface area contributed by atoms with Crippen LogP contribution in [0.4, 0.5) is 0 Å². The minimum absolute atomic E-state index is 0.0175. The van der Waals surface area contributed by atoms with Crippen LogP contribution in [0.2, 0.25) is 0 Å². The zero-order valence-electron chi connectivity index (χ0n) is 14.5. The minimum Gasteiger partial charge on any atom is -0.478 e. The topological polar surface area (TPSA) is 118 Å². The number of carboxylic acids is 1. The normalized spacial score (nSPS) is 15.0. The van der Waals surface area contributed by atoms with Crippen LogP contribution in [0.1, 0.15) is 59.9 Å². The second-order valence-corrected chi connectivity index (χ2v) is 7.24. The Labute approximate surface area is 145 Å². The van der Waals surface area contributed by atoms with Gasteiger partial charge in [0.15, 0.2) is 0 Å². The van der Waals surface area contributed by atoms with Gasteiger partial charge in [-0.2, -0.15) is 0 Å². The van der Waals surface area contributed by atoms with Gasteiger partial charge in [0, 0.05) is 23.9 Å². The number of benzene rings is 1. The summed E-state index contributed by atoms with van der Waals surface area (Å²) in [5.41, 5.74) is 5.89. The first kappa shape index (κ1) is 18.6. The van der Waals surface area contributed by atoms with Gasteiger partial charge in [-0.3, -0.25) is 14.4 Å². The largest absolute Gasteiger partial charge is 0.478 e. The highest BCUT2D eigenvalue weighted by atomic mass is 16.4. The average Bonchev–Trinajstić information content (AvgIpc) is 2.82. The Balaban J connectivity index is 2.20. The maximum Gasteiger partial charge on any atom is 0.335 e. The van der Waals surface area contributed by atoms with Crippen molar-refractivity contribution < 1.29 is 24.3 Å². The smallest absolute Gasteiger partial charge is 0.335 e. The number of Topliss-reactive ketones (excluding diaryl/α,β-unsaturated/α-hetero) is 1. The standard InChI is InChI=1S/C18H22N2O5/c1-18(2,3)14(21)7-6-13(15(19)22)20-9-11-8-10(17(24)25)4-5-12(11)16(20)23/h4-5,8,13H,6-7,9H2,1-3H3,(H2,19,22)(H,24,25). The highest BCUT2D eigenvalue weighted by Crippen LogP contribution is 2.28. The Kier molecular flexibility index (Phi) is 4.97. The average molecular weight is 346 g/mol. The number of nitrogens with two attached hydrogens (primary N) is 1. The number of carbonyl (C=O) groups excluding carboxylic acids is 3. The lowest BCUT2D eigenvalue weighted by Gasteiger charge is -2.26. The fraction of sp³-hybridized carbons (Fsp3) is 0.444. The van der Waals surface area contributed by atoms with Gasteiger partial charge in [0.05, 0.1) is 5.56 Å². The van der Waals surface area contributed by atoms with Crippen molar-refractivity contribution >= 4 is 23.6 Å². The van der Waals surface area contributed by atoms with Crippen molar-refractivity contribution in [1.82, 2.24) is 4.90 Å². The van der Waals surface area contributed by atoms with E-state index in [0.29, 0.717) is 11.1 Å². The van der Waals surface area contributed by atoms with Crippen molar-refractivity contribution in [3.63, 3.8) is 0 Å². The Morgan fingerprint density at radius 1 is 1.28 bits per heavy atom. The summed E-state index contributed by atoms with van der Waals surface area (Å²) in [6, 6.07) is 3.32. The number of nitrogens with zero attached hydrogens (tertiary/aromatic N) is 1. The molecule has 0 radical (unpaired) electrons. The van der Waals surface area contributed by atoms with Crippen molar-refractivity contribution in [3.8, 4) is 0 Å². The first-order valence-corrected chi connectivity index (χ1v) is 8.02. The van der Waals surface area contributed by atoms with E-state index in [-0.39, 0.29) is 36.6 Å². The number of fused-ring (bicyclic) bond motifs is 1. The lowest BCUT2D eigenvalue weighted by molar-refractivity contribution is -0.127. The molecule has 0 saturated carbocycles. The van der Waals surface area contributed by atoms with Gasteiger partial charge in [0.25, 0.3) is 5.91 Å². The molecule has 1 aromatic rings. The molecule has 134 valence electrons. The molecule has 2 amide bonds. The molecule has 0 aliphatic carbocycles. The summed E-state index contributed by atoms with van der Waals surface area (Å²) in [4.78, 5) is 48.9. The van der Waals surface area contributed by atoms with E-state index >= 15 is 0 Å². The molecule has 1 heterocycles. The van der Waals surface area contributed by atoms with Crippen LogP contribution in [-0.2, 0) is 16.1 Å². The Hall–Kier alpha value is -2.70. The summed E-state index contributed by atoms with van der Waals surface area (Å²) < 4.78 is 0. The Bertz CT molecular complexity index is 748. The van der Waals surface area contributed by atoms with E-state index in [1.54, 1.807) is 20.8 Å². The van der Waals surface area contributed by atoms with Gasteiger partial charge in [0.1, 0.15) is 11.8 Å². The quantitative estimate of drug-likeness (QED) is 0.811. The summed E-state index contributed by atoms with van der Waals surface area (Å²) in [7, 11) is 0.